The second-order valence-electron chi connectivity index (χ2n) is 10.3. The van der Waals surface area contributed by atoms with Gasteiger partial charge in [0.05, 0.1) is 42.5 Å². The van der Waals surface area contributed by atoms with E-state index in [-0.39, 0.29) is 42.0 Å². The number of carbonyl (C=O) groups excluding carboxylic acids is 2. The van der Waals surface area contributed by atoms with Crippen LogP contribution in [0.2, 0.25) is 0 Å². The summed E-state index contributed by atoms with van der Waals surface area (Å²) < 4.78 is 24.3. The van der Waals surface area contributed by atoms with E-state index < -0.39 is 28.3 Å². The molecule has 3 heterocycles. The second-order valence-corrected chi connectivity index (χ2v) is 11.7. The van der Waals surface area contributed by atoms with Crippen molar-refractivity contribution in [3.63, 3.8) is 0 Å². The van der Waals surface area contributed by atoms with Gasteiger partial charge >= 0.3 is 11.1 Å². The Morgan fingerprint density at radius 2 is 2.00 bits per heavy atom. The maximum atomic E-state index is 13.5. The Bertz CT molecular complexity index is 1630. The Hall–Kier alpha value is -4.74. The Morgan fingerprint density at radius 3 is 2.74 bits per heavy atom. The van der Waals surface area contributed by atoms with Crippen LogP contribution in [0.5, 0.6) is 11.5 Å². The molecule has 4 aromatic rings. The van der Waals surface area contributed by atoms with E-state index in [1.807, 2.05) is 0 Å². The highest BCUT2D eigenvalue weighted by Crippen LogP contribution is 2.28. The third-order valence-corrected chi connectivity index (χ3v) is 8.12. The number of aromatic amines is 2. The van der Waals surface area contributed by atoms with Crippen molar-refractivity contribution in [2.75, 3.05) is 26.8 Å². The van der Waals surface area contributed by atoms with Gasteiger partial charge in [0.25, 0.3) is 5.09 Å². The molecular formula is C29H36N8O8S. The Morgan fingerprint density at radius 1 is 1.17 bits per heavy atom. The van der Waals surface area contributed by atoms with E-state index in [0.717, 1.165) is 0 Å². The van der Waals surface area contributed by atoms with Crippen LogP contribution in [-0.4, -0.2) is 79.3 Å². The number of amides is 1. The fraction of sp³-hybridized carbons (Fsp3) is 0.414. The molecule has 16 nitrogen and oxygen atoms in total. The van der Waals surface area contributed by atoms with Gasteiger partial charge in [0.1, 0.15) is 17.5 Å². The minimum absolute atomic E-state index is 0.0131. The molecule has 0 saturated heterocycles. The number of H-pyrrole nitrogens is 2. The molecule has 17 heteroatoms. The van der Waals surface area contributed by atoms with Crippen LogP contribution in [0.4, 0.5) is 0 Å². The SMILES string of the molecule is COc1ccc2[nH]c([S+]([O-])Cc3ncc(C)c(OC(=O)[C@H](Cc4c[nH]cn4)NC(=O)CCNCCCCO[N+](=O)[O-])c3C)nc2c1. The molecule has 0 aliphatic rings. The van der Waals surface area contributed by atoms with Gasteiger partial charge in [-0.15, -0.1) is 10.1 Å². The number of carbonyl (C=O) groups is 2. The van der Waals surface area contributed by atoms with Crippen LogP contribution < -0.4 is 20.1 Å². The number of nitrogens with zero attached hydrogens (tertiary/aromatic N) is 4. The Kier molecular flexibility index (Phi) is 12.3. The standard InChI is InChI=1S/C29H36N8O8S/c1-18-14-32-25(16-46(42)29-35-22-7-6-21(43-3)13-23(22)36-29)19(2)27(18)45-28(39)24(12-20-15-31-17-33-20)34-26(38)8-10-30-9-4-5-11-44-37(40)41/h6-7,13-15,17,24,30H,4-5,8-12,16H2,1-3H3,(H,31,33)(H,34,38)(H,35,36)/t24-,46?/m0/s1. The molecule has 3 aromatic heterocycles. The Balaban J connectivity index is 1.38. The zero-order chi connectivity index (χ0) is 33.1. The van der Waals surface area contributed by atoms with Gasteiger partial charge in [-0.2, -0.15) is 4.98 Å². The lowest BCUT2D eigenvalue weighted by Gasteiger charge is -2.19. The van der Waals surface area contributed by atoms with Crippen molar-refractivity contribution in [1.82, 2.24) is 35.6 Å². The number of unbranched alkanes of at least 4 members (excludes halogenated alkanes) is 1. The summed E-state index contributed by atoms with van der Waals surface area (Å²) in [6.45, 7) is 4.38. The molecule has 1 aromatic carbocycles. The largest absolute Gasteiger partial charge is 0.609 e. The van der Waals surface area contributed by atoms with E-state index in [0.29, 0.717) is 65.2 Å². The third kappa shape index (κ3) is 9.63. The fourth-order valence-electron chi connectivity index (χ4n) is 4.51. The molecule has 4 rings (SSSR count). The molecular weight excluding hydrogens is 620 g/mol. The molecule has 246 valence electrons. The number of methoxy groups -OCH3 is 1. The van der Waals surface area contributed by atoms with Gasteiger partial charge in [0.15, 0.2) is 5.75 Å². The van der Waals surface area contributed by atoms with Crippen LogP contribution in [0.25, 0.3) is 11.0 Å². The summed E-state index contributed by atoms with van der Waals surface area (Å²) in [5.41, 5.74) is 3.49. The number of esters is 1. The number of ether oxygens (including phenoxy) is 2. The van der Waals surface area contributed by atoms with E-state index in [4.69, 9.17) is 9.47 Å². The van der Waals surface area contributed by atoms with Gasteiger partial charge < -0.3 is 34.5 Å². The number of aryl methyl sites for hydroxylation is 1. The molecule has 0 fully saturated rings. The highest BCUT2D eigenvalue weighted by Gasteiger charge is 2.27. The normalized spacial score (nSPS) is 12.4. The zero-order valence-corrected chi connectivity index (χ0v) is 26.5. The van der Waals surface area contributed by atoms with Gasteiger partial charge in [-0.25, -0.2) is 9.78 Å². The lowest BCUT2D eigenvalue weighted by Crippen LogP contribution is -2.45. The number of fused-ring (bicyclic) bond motifs is 1. The topological polar surface area (TPSA) is 222 Å². The smallest absolute Gasteiger partial charge is 0.334 e. The van der Waals surface area contributed by atoms with Gasteiger partial charge in [-0.1, -0.05) is 0 Å². The van der Waals surface area contributed by atoms with Gasteiger partial charge in [-0.3, -0.25) is 14.8 Å². The molecule has 0 saturated carbocycles. The van der Waals surface area contributed by atoms with E-state index in [1.54, 1.807) is 51.6 Å². The minimum Gasteiger partial charge on any atom is -0.609 e. The summed E-state index contributed by atoms with van der Waals surface area (Å²) in [5.74, 6) is -0.135. The summed E-state index contributed by atoms with van der Waals surface area (Å²) in [5, 5.41) is 15.5. The Labute approximate surface area is 267 Å². The predicted octanol–water partition coefficient (Wildman–Crippen LogP) is 2.22. The van der Waals surface area contributed by atoms with Crippen LogP contribution >= 0.6 is 0 Å². The summed E-state index contributed by atoms with van der Waals surface area (Å²) in [6, 6.07) is 4.29. The van der Waals surface area contributed by atoms with Crippen LogP contribution in [0, 0.1) is 24.0 Å². The van der Waals surface area contributed by atoms with Crippen LogP contribution in [0.1, 0.15) is 41.8 Å². The van der Waals surface area contributed by atoms with Crippen molar-refractivity contribution in [3.05, 3.63) is 69.5 Å². The van der Waals surface area contributed by atoms with Crippen molar-refractivity contribution >= 4 is 34.1 Å². The van der Waals surface area contributed by atoms with Crippen LogP contribution in [0.3, 0.4) is 0 Å². The molecule has 4 N–H and O–H groups in total. The maximum Gasteiger partial charge on any atom is 0.334 e. The number of hydrogen-bond donors (Lipinski definition) is 4. The quantitative estimate of drug-likeness (QED) is 0.0398. The van der Waals surface area contributed by atoms with E-state index in [9.17, 15) is 24.3 Å². The average molecular weight is 657 g/mol. The number of imidazole rings is 2. The van der Waals surface area contributed by atoms with Gasteiger partial charge in [-0.05, 0) is 45.4 Å². The van der Waals surface area contributed by atoms with Crippen molar-refractivity contribution in [2.45, 2.75) is 56.5 Å². The van der Waals surface area contributed by atoms with E-state index in [1.165, 1.54) is 6.33 Å². The van der Waals surface area contributed by atoms with Crippen LogP contribution in [-0.2, 0) is 37.8 Å². The molecule has 0 aliphatic carbocycles. The van der Waals surface area contributed by atoms with Crippen LogP contribution in [0.15, 0.2) is 42.1 Å². The highest BCUT2D eigenvalue weighted by atomic mass is 32.2. The first-order valence-corrected chi connectivity index (χ1v) is 15.8. The number of nitrogens with one attached hydrogen (secondary N) is 4. The number of rotatable bonds is 18. The van der Waals surface area contributed by atoms with Crippen molar-refractivity contribution in [2.24, 2.45) is 0 Å². The predicted molar refractivity (Wildman–Crippen MR) is 166 cm³/mol. The maximum absolute atomic E-state index is 13.5. The summed E-state index contributed by atoms with van der Waals surface area (Å²) in [7, 11) is 1.56. The monoisotopic (exact) mass is 656 g/mol. The summed E-state index contributed by atoms with van der Waals surface area (Å²) >= 11 is -1.58. The third-order valence-electron chi connectivity index (χ3n) is 6.96. The first kappa shape index (κ1) is 34.1. The van der Waals surface area contributed by atoms with E-state index >= 15 is 0 Å². The molecule has 2 atom stereocenters. The zero-order valence-electron chi connectivity index (χ0n) is 25.7. The number of hydrogen-bond acceptors (Lipinski definition) is 12. The molecule has 0 aliphatic heterocycles. The molecule has 46 heavy (non-hydrogen) atoms. The summed E-state index contributed by atoms with van der Waals surface area (Å²) in [4.78, 5) is 59.6. The molecule has 1 unspecified atom stereocenters. The number of benzene rings is 1. The summed E-state index contributed by atoms with van der Waals surface area (Å²) in [6.07, 6.45) is 5.96. The van der Waals surface area contributed by atoms with Crippen molar-refractivity contribution in [3.8, 4) is 11.5 Å². The first-order chi connectivity index (χ1) is 22.1. The van der Waals surface area contributed by atoms with Gasteiger partial charge in [0.2, 0.25) is 5.91 Å². The highest BCUT2D eigenvalue weighted by molar-refractivity contribution is 7.90. The van der Waals surface area contributed by atoms with Crippen molar-refractivity contribution in [1.29, 1.82) is 0 Å². The van der Waals surface area contributed by atoms with Crippen molar-refractivity contribution < 1.29 is 33.5 Å². The van der Waals surface area contributed by atoms with Gasteiger partial charge in [0, 0.05) is 60.1 Å². The number of aromatic nitrogens is 5. The first-order valence-electron chi connectivity index (χ1n) is 14.5. The number of pyridine rings is 1. The molecule has 0 spiro atoms. The molecule has 1 amide bonds. The molecule has 0 bridgehead atoms. The second kappa shape index (κ2) is 16.5. The lowest BCUT2D eigenvalue weighted by molar-refractivity contribution is -0.757. The average Bonchev–Trinajstić information content (AvgIpc) is 3.71. The lowest BCUT2D eigenvalue weighted by atomic mass is 10.1. The fourth-order valence-corrected chi connectivity index (χ4v) is 5.61. The van der Waals surface area contributed by atoms with E-state index in [2.05, 4.69) is 40.4 Å². The minimum atomic E-state index is -1.58. The molecule has 0 radical (unpaired) electrons.